The van der Waals surface area contributed by atoms with Crippen molar-refractivity contribution in [3.05, 3.63) is 29.8 Å². The lowest BCUT2D eigenvalue weighted by molar-refractivity contribution is -0.122. The van der Waals surface area contributed by atoms with Gasteiger partial charge in [-0.2, -0.15) is 4.72 Å². The van der Waals surface area contributed by atoms with Crippen LogP contribution in [0.1, 0.15) is 30.1 Å². The summed E-state index contributed by atoms with van der Waals surface area (Å²) in [7, 11) is -3.87. The molecule has 3 N–H and O–H groups in total. The van der Waals surface area contributed by atoms with Crippen LogP contribution < -0.4 is 10.0 Å². The number of carbonyl (C=O) groups is 2. The Kier molecular flexibility index (Phi) is 4.29. The largest absolute Gasteiger partial charge is 0.478 e. The third-order valence-electron chi connectivity index (χ3n) is 3.06. The van der Waals surface area contributed by atoms with Crippen molar-refractivity contribution in [3.63, 3.8) is 0 Å². The standard InChI is InChI=1S/C13H16N2O5S/c1-8(12(16)14-10-4-5-10)15-21(19,20)11-6-2-9(3-7-11)13(17)18/h2-3,6-8,10,15H,4-5H2,1H3,(H,14,16)(H,17,18). The third kappa shape index (κ3) is 4.02. The van der Waals surface area contributed by atoms with E-state index in [4.69, 9.17) is 5.11 Å². The first kappa shape index (κ1) is 15.5. The molecule has 1 aromatic carbocycles. The lowest BCUT2D eigenvalue weighted by atomic mass is 10.2. The summed E-state index contributed by atoms with van der Waals surface area (Å²) in [6.45, 7) is 1.46. The Labute approximate surface area is 122 Å². The van der Waals surface area contributed by atoms with E-state index in [1.165, 1.54) is 31.2 Å². The maximum atomic E-state index is 12.1. The number of benzene rings is 1. The highest BCUT2D eigenvalue weighted by Gasteiger charge is 2.28. The molecule has 1 fully saturated rings. The van der Waals surface area contributed by atoms with Crippen LogP contribution in [0.4, 0.5) is 0 Å². The maximum absolute atomic E-state index is 12.1. The van der Waals surface area contributed by atoms with E-state index in [0.717, 1.165) is 12.8 Å². The van der Waals surface area contributed by atoms with Crippen molar-refractivity contribution in [2.45, 2.75) is 36.7 Å². The molecule has 7 nitrogen and oxygen atoms in total. The Bertz CT molecular complexity index is 650. The van der Waals surface area contributed by atoms with Crippen molar-refractivity contribution in [2.75, 3.05) is 0 Å². The lowest BCUT2D eigenvalue weighted by Crippen LogP contribution is -2.45. The Morgan fingerprint density at radius 1 is 1.24 bits per heavy atom. The van der Waals surface area contributed by atoms with Crippen LogP contribution in [0, 0.1) is 0 Å². The first-order chi connectivity index (χ1) is 9.79. The van der Waals surface area contributed by atoms with E-state index in [-0.39, 0.29) is 22.4 Å². The van der Waals surface area contributed by atoms with E-state index < -0.39 is 22.0 Å². The highest BCUT2D eigenvalue weighted by Crippen LogP contribution is 2.18. The van der Waals surface area contributed by atoms with Gasteiger partial charge in [0.2, 0.25) is 15.9 Å². The first-order valence-electron chi connectivity index (χ1n) is 6.45. The molecule has 0 aliphatic heterocycles. The van der Waals surface area contributed by atoms with E-state index in [9.17, 15) is 18.0 Å². The van der Waals surface area contributed by atoms with Crippen LogP contribution in [-0.4, -0.2) is 37.5 Å². The van der Waals surface area contributed by atoms with Gasteiger partial charge in [0.25, 0.3) is 0 Å². The fourth-order valence-corrected chi connectivity index (χ4v) is 2.89. The number of sulfonamides is 1. The predicted octanol–water partition coefficient (Wildman–Crippen LogP) is 0.330. The average Bonchev–Trinajstić information content (AvgIpc) is 3.22. The van der Waals surface area contributed by atoms with Gasteiger partial charge in [0.15, 0.2) is 0 Å². The molecule has 0 radical (unpaired) electrons. The highest BCUT2D eigenvalue weighted by atomic mass is 32.2. The van der Waals surface area contributed by atoms with Gasteiger partial charge in [-0.3, -0.25) is 4.79 Å². The van der Waals surface area contributed by atoms with Crippen molar-refractivity contribution in [3.8, 4) is 0 Å². The normalized spacial score (nSPS) is 16.2. The Morgan fingerprint density at radius 2 is 1.81 bits per heavy atom. The number of carboxylic acid groups (broad SMARTS) is 1. The van der Waals surface area contributed by atoms with E-state index in [1.54, 1.807) is 0 Å². The number of amides is 1. The van der Waals surface area contributed by atoms with E-state index in [1.807, 2.05) is 0 Å². The lowest BCUT2D eigenvalue weighted by Gasteiger charge is -2.14. The number of carbonyl (C=O) groups excluding carboxylic acids is 1. The SMILES string of the molecule is CC(NS(=O)(=O)c1ccc(C(=O)O)cc1)C(=O)NC1CC1. The molecular formula is C13H16N2O5S. The number of aromatic carboxylic acids is 1. The third-order valence-corrected chi connectivity index (χ3v) is 4.62. The Hall–Kier alpha value is -1.93. The van der Waals surface area contributed by atoms with Gasteiger partial charge in [0.1, 0.15) is 0 Å². The van der Waals surface area contributed by atoms with E-state index >= 15 is 0 Å². The number of hydrogen-bond donors (Lipinski definition) is 3. The number of nitrogens with one attached hydrogen (secondary N) is 2. The molecular weight excluding hydrogens is 296 g/mol. The second-order valence-electron chi connectivity index (χ2n) is 4.96. The van der Waals surface area contributed by atoms with E-state index in [2.05, 4.69) is 10.0 Å². The van der Waals surface area contributed by atoms with Crippen molar-refractivity contribution >= 4 is 21.9 Å². The molecule has 0 spiro atoms. The summed E-state index contributed by atoms with van der Waals surface area (Å²) in [5.41, 5.74) is -0.00604. The van der Waals surface area contributed by atoms with Crippen LogP contribution in [-0.2, 0) is 14.8 Å². The Balaban J connectivity index is 2.06. The van der Waals surface area contributed by atoms with Crippen molar-refractivity contribution in [2.24, 2.45) is 0 Å². The molecule has 0 bridgehead atoms. The minimum absolute atomic E-state index is 0.00604. The van der Waals surface area contributed by atoms with Crippen LogP contribution in [0.2, 0.25) is 0 Å². The van der Waals surface area contributed by atoms with Crippen LogP contribution in [0.25, 0.3) is 0 Å². The van der Waals surface area contributed by atoms with Crippen molar-refractivity contribution in [1.29, 1.82) is 0 Å². The molecule has 1 aliphatic carbocycles. The van der Waals surface area contributed by atoms with Gasteiger partial charge in [-0.05, 0) is 44.0 Å². The fraction of sp³-hybridized carbons (Fsp3) is 0.385. The summed E-state index contributed by atoms with van der Waals surface area (Å²) in [5.74, 6) is -1.51. The monoisotopic (exact) mass is 312 g/mol. The maximum Gasteiger partial charge on any atom is 0.335 e. The molecule has 114 valence electrons. The topological polar surface area (TPSA) is 113 Å². The van der Waals surface area contributed by atoms with Crippen LogP contribution in [0.3, 0.4) is 0 Å². The molecule has 1 aliphatic rings. The zero-order valence-electron chi connectivity index (χ0n) is 11.4. The van der Waals surface area contributed by atoms with Gasteiger partial charge < -0.3 is 10.4 Å². The van der Waals surface area contributed by atoms with Gasteiger partial charge >= 0.3 is 5.97 Å². The summed E-state index contributed by atoms with van der Waals surface area (Å²) < 4.78 is 26.4. The second kappa shape index (κ2) is 5.82. The number of rotatable bonds is 6. The summed E-state index contributed by atoms with van der Waals surface area (Å²) >= 11 is 0. The van der Waals surface area contributed by atoms with Gasteiger partial charge in [-0.1, -0.05) is 0 Å². The molecule has 8 heteroatoms. The van der Waals surface area contributed by atoms with Crippen molar-refractivity contribution < 1.29 is 23.1 Å². The van der Waals surface area contributed by atoms with Crippen molar-refractivity contribution in [1.82, 2.24) is 10.0 Å². The molecule has 2 rings (SSSR count). The number of carboxylic acids is 1. The quantitative estimate of drug-likeness (QED) is 0.700. The minimum Gasteiger partial charge on any atom is -0.478 e. The molecule has 1 amide bonds. The average molecular weight is 312 g/mol. The minimum atomic E-state index is -3.87. The number of hydrogen-bond acceptors (Lipinski definition) is 4. The van der Waals surface area contributed by atoms with Crippen LogP contribution in [0.15, 0.2) is 29.2 Å². The van der Waals surface area contributed by atoms with Gasteiger partial charge in [0, 0.05) is 6.04 Å². The second-order valence-corrected chi connectivity index (χ2v) is 6.67. The fourth-order valence-electron chi connectivity index (χ4n) is 1.68. The van der Waals surface area contributed by atoms with Gasteiger partial charge in [-0.15, -0.1) is 0 Å². The molecule has 21 heavy (non-hydrogen) atoms. The van der Waals surface area contributed by atoms with Crippen LogP contribution >= 0.6 is 0 Å². The smallest absolute Gasteiger partial charge is 0.335 e. The zero-order valence-corrected chi connectivity index (χ0v) is 12.2. The molecule has 0 heterocycles. The Morgan fingerprint density at radius 3 is 2.29 bits per heavy atom. The molecule has 1 unspecified atom stereocenters. The summed E-state index contributed by atoms with van der Waals surface area (Å²) in [5, 5.41) is 11.5. The molecule has 0 saturated heterocycles. The predicted molar refractivity (Wildman–Crippen MR) is 74.3 cm³/mol. The van der Waals surface area contributed by atoms with Gasteiger partial charge in [-0.25, -0.2) is 13.2 Å². The summed E-state index contributed by atoms with van der Waals surface area (Å²) in [4.78, 5) is 22.4. The highest BCUT2D eigenvalue weighted by molar-refractivity contribution is 7.89. The first-order valence-corrected chi connectivity index (χ1v) is 7.94. The molecule has 1 aromatic rings. The van der Waals surface area contributed by atoms with Crippen LogP contribution in [0.5, 0.6) is 0 Å². The molecule has 0 aromatic heterocycles. The summed E-state index contributed by atoms with van der Waals surface area (Å²) in [6.07, 6.45) is 1.84. The van der Waals surface area contributed by atoms with Gasteiger partial charge in [0.05, 0.1) is 16.5 Å². The molecule has 1 atom stereocenters. The molecule has 1 saturated carbocycles. The van der Waals surface area contributed by atoms with E-state index in [0.29, 0.717) is 0 Å². The zero-order chi connectivity index (χ0) is 15.6. The summed E-state index contributed by atoms with van der Waals surface area (Å²) in [6, 6.07) is 4.04.